The molecule has 6 nitrogen and oxygen atoms in total. The van der Waals surface area contributed by atoms with E-state index in [1.165, 1.54) is 24.3 Å². The molecule has 3 aromatic rings. The number of benzene rings is 3. The number of fused-ring (bicyclic) bond motifs is 2. The molecular weight excluding hydrogens is 476 g/mol. The maximum Gasteiger partial charge on any atom is 0.274 e. The van der Waals surface area contributed by atoms with Gasteiger partial charge in [0.05, 0.1) is 12.2 Å². The fourth-order valence-corrected chi connectivity index (χ4v) is 6.53. The Morgan fingerprint density at radius 1 is 0.853 bits per heavy atom. The van der Waals surface area contributed by atoms with Crippen LogP contribution in [-0.4, -0.2) is 26.0 Å². The topological polar surface area (TPSA) is 74.8 Å². The molecule has 0 radical (unpaired) electrons. The Morgan fingerprint density at radius 3 is 2.29 bits per heavy atom. The van der Waals surface area contributed by atoms with Crippen molar-refractivity contribution in [1.82, 2.24) is 0 Å². The molecule has 1 unspecified atom stereocenters. The van der Waals surface area contributed by atoms with Crippen LogP contribution in [-0.2, 0) is 30.8 Å². The summed E-state index contributed by atoms with van der Waals surface area (Å²) in [6.45, 7) is -0.285. The number of amides is 2. The van der Waals surface area contributed by atoms with Crippen molar-refractivity contribution < 1.29 is 35.6 Å². The number of carbonyl (C=O) groups is 2. The minimum Gasteiger partial charge on any atom is -0.304 e. The number of sulfone groups is 1. The molecule has 2 heterocycles. The minimum atomic E-state index is -4.64. The van der Waals surface area contributed by atoms with Crippen molar-refractivity contribution in [2.75, 3.05) is 15.6 Å². The monoisotopic (exact) mass is 490 g/mol. The normalized spacial score (nSPS) is 20.9. The summed E-state index contributed by atoms with van der Waals surface area (Å²) >= 11 is 0. The Hall–Kier alpha value is -3.73. The largest absolute Gasteiger partial charge is 0.304 e. The van der Waals surface area contributed by atoms with Crippen LogP contribution < -0.4 is 9.80 Å². The molecule has 174 valence electrons. The molecule has 0 aliphatic carbocycles. The number of rotatable bonds is 3. The molecule has 2 aliphatic rings. The van der Waals surface area contributed by atoms with Crippen molar-refractivity contribution in [1.29, 1.82) is 0 Å². The van der Waals surface area contributed by atoms with Crippen molar-refractivity contribution in [2.45, 2.75) is 11.4 Å². The first-order chi connectivity index (χ1) is 16.1. The SMILES string of the molecule is O=C1CS(=O)(=O)C2(C(=O)N(Cc3cccc(F)c3)c3ccc(F)cc32)N1c1ccc(F)c(F)c1. The number of hydrogen-bond donors (Lipinski definition) is 0. The third kappa shape index (κ3) is 2.96. The van der Waals surface area contributed by atoms with Gasteiger partial charge in [-0.15, -0.1) is 0 Å². The summed E-state index contributed by atoms with van der Waals surface area (Å²) in [5.74, 6) is -7.38. The molecule has 0 N–H and O–H groups in total. The van der Waals surface area contributed by atoms with Gasteiger partial charge in [-0.2, -0.15) is 0 Å². The molecule has 1 fully saturated rings. The average Bonchev–Trinajstić information content (AvgIpc) is 3.12. The Bertz CT molecular complexity index is 1490. The van der Waals surface area contributed by atoms with Crippen LogP contribution in [0.4, 0.5) is 28.9 Å². The first-order valence-electron chi connectivity index (χ1n) is 9.93. The maximum atomic E-state index is 14.3. The van der Waals surface area contributed by atoms with Gasteiger partial charge in [0.15, 0.2) is 21.5 Å². The quantitative estimate of drug-likeness (QED) is 0.528. The molecule has 11 heteroatoms. The van der Waals surface area contributed by atoms with E-state index in [9.17, 15) is 35.6 Å². The zero-order valence-electron chi connectivity index (χ0n) is 17.1. The van der Waals surface area contributed by atoms with Gasteiger partial charge in [0.1, 0.15) is 17.4 Å². The molecule has 2 amide bonds. The minimum absolute atomic E-state index is 0.0125. The van der Waals surface area contributed by atoms with Gasteiger partial charge in [0, 0.05) is 17.3 Å². The predicted molar refractivity (Wildman–Crippen MR) is 113 cm³/mol. The lowest BCUT2D eigenvalue weighted by atomic mass is 10.0. The van der Waals surface area contributed by atoms with E-state index in [1.54, 1.807) is 0 Å². The first kappa shape index (κ1) is 22.1. The van der Waals surface area contributed by atoms with E-state index < -0.39 is 55.5 Å². The number of carbonyl (C=O) groups excluding carboxylic acids is 2. The fraction of sp³-hybridized carbons (Fsp3) is 0.130. The molecular formula is C23H14F4N2O4S. The lowest BCUT2D eigenvalue weighted by Gasteiger charge is -2.32. The van der Waals surface area contributed by atoms with Gasteiger partial charge in [0.25, 0.3) is 10.8 Å². The lowest BCUT2D eigenvalue weighted by Crippen LogP contribution is -2.54. The van der Waals surface area contributed by atoms with E-state index in [0.29, 0.717) is 22.6 Å². The van der Waals surface area contributed by atoms with Gasteiger partial charge < -0.3 is 4.90 Å². The third-order valence-electron chi connectivity index (χ3n) is 5.87. The molecule has 0 bridgehead atoms. The van der Waals surface area contributed by atoms with Crippen LogP contribution in [0.5, 0.6) is 0 Å². The van der Waals surface area contributed by atoms with Gasteiger partial charge in [-0.1, -0.05) is 12.1 Å². The number of hydrogen-bond acceptors (Lipinski definition) is 4. The van der Waals surface area contributed by atoms with E-state index >= 15 is 0 Å². The Kier molecular flexibility index (Phi) is 4.80. The van der Waals surface area contributed by atoms with E-state index in [4.69, 9.17) is 0 Å². The molecule has 1 atom stereocenters. The van der Waals surface area contributed by atoms with Crippen LogP contribution in [0, 0.1) is 23.3 Å². The second kappa shape index (κ2) is 7.39. The van der Waals surface area contributed by atoms with Crippen LogP contribution in [0.25, 0.3) is 0 Å². The smallest absolute Gasteiger partial charge is 0.274 e. The Balaban J connectivity index is 1.77. The van der Waals surface area contributed by atoms with Gasteiger partial charge in [-0.05, 0) is 48.0 Å². The summed E-state index contributed by atoms with van der Waals surface area (Å²) in [4.78, 5) is 25.6. The average molecular weight is 490 g/mol. The standard InChI is InChI=1S/C23H14F4N2O4S/c24-14-3-1-2-13(8-14)11-28-20-7-4-15(25)9-17(20)23(22(28)31)29(21(30)12-34(23,32)33)16-5-6-18(26)19(27)10-16/h1-10H,11-12H2. The van der Waals surface area contributed by atoms with Crippen molar-refractivity contribution in [3.05, 3.63) is 95.1 Å². The zero-order valence-corrected chi connectivity index (χ0v) is 18.0. The number of anilines is 2. The summed E-state index contributed by atoms with van der Waals surface area (Å²) in [5.41, 5.74) is -0.436. The van der Waals surface area contributed by atoms with Crippen LogP contribution in [0.2, 0.25) is 0 Å². The van der Waals surface area contributed by atoms with Gasteiger partial charge >= 0.3 is 0 Å². The highest BCUT2D eigenvalue weighted by Crippen LogP contribution is 2.53. The van der Waals surface area contributed by atoms with Crippen LogP contribution >= 0.6 is 0 Å². The predicted octanol–water partition coefficient (Wildman–Crippen LogP) is 3.40. The van der Waals surface area contributed by atoms with Crippen molar-refractivity contribution in [2.24, 2.45) is 0 Å². The number of nitrogens with zero attached hydrogens (tertiary/aromatic N) is 2. The van der Waals surface area contributed by atoms with Gasteiger partial charge in [0.2, 0.25) is 5.91 Å². The molecule has 0 aromatic heterocycles. The lowest BCUT2D eigenvalue weighted by molar-refractivity contribution is -0.123. The molecule has 34 heavy (non-hydrogen) atoms. The molecule has 1 spiro atoms. The molecule has 3 aromatic carbocycles. The zero-order chi connectivity index (χ0) is 24.4. The highest BCUT2D eigenvalue weighted by atomic mass is 32.2. The van der Waals surface area contributed by atoms with Gasteiger partial charge in [-0.25, -0.2) is 26.0 Å². The second-order valence-electron chi connectivity index (χ2n) is 7.91. The third-order valence-corrected chi connectivity index (χ3v) is 7.97. The van der Waals surface area contributed by atoms with Gasteiger partial charge in [-0.3, -0.25) is 14.5 Å². The van der Waals surface area contributed by atoms with Crippen molar-refractivity contribution in [3.8, 4) is 0 Å². The van der Waals surface area contributed by atoms with E-state index in [0.717, 1.165) is 29.2 Å². The summed E-state index contributed by atoms with van der Waals surface area (Å²) in [6, 6.07) is 10.5. The highest BCUT2D eigenvalue weighted by molar-refractivity contribution is 7.94. The molecule has 0 saturated carbocycles. The Morgan fingerprint density at radius 2 is 1.59 bits per heavy atom. The maximum absolute atomic E-state index is 14.3. The first-order valence-corrected chi connectivity index (χ1v) is 11.6. The summed E-state index contributed by atoms with van der Waals surface area (Å²) in [6.07, 6.45) is 0. The van der Waals surface area contributed by atoms with Crippen LogP contribution in [0.3, 0.4) is 0 Å². The molecule has 2 aliphatic heterocycles. The highest BCUT2D eigenvalue weighted by Gasteiger charge is 2.69. The summed E-state index contributed by atoms with van der Waals surface area (Å²) < 4.78 is 82.5. The number of halogens is 4. The van der Waals surface area contributed by atoms with E-state index in [1.807, 2.05) is 0 Å². The van der Waals surface area contributed by atoms with Crippen molar-refractivity contribution in [3.63, 3.8) is 0 Å². The summed E-state index contributed by atoms with van der Waals surface area (Å²) in [5, 5.41) is 0. The second-order valence-corrected chi connectivity index (χ2v) is 10.0. The van der Waals surface area contributed by atoms with E-state index in [2.05, 4.69) is 0 Å². The van der Waals surface area contributed by atoms with Crippen molar-refractivity contribution >= 4 is 33.0 Å². The van der Waals surface area contributed by atoms with Crippen LogP contribution in [0.15, 0.2) is 60.7 Å². The molecule has 5 rings (SSSR count). The molecule has 1 saturated heterocycles. The Labute approximate surface area is 190 Å². The fourth-order valence-electron chi connectivity index (χ4n) is 4.51. The summed E-state index contributed by atoms with van der Waals surface area (Å²) in [7, 11) is -4.64. The van der Waals surface area contributed by atoms with E-state index in [-0.39, 0.29) is 23.5 Å². The van der Waals surface area contributed by atoms with Crippen LogP contribution in [0.1, 0.15) is 11.1 Å².